The average molecular weight is 364 g/mol. The van der Waals surface area contributed by atoms with Gasteiger partial charge in [-0.2, -0.15) is 0 Å². The molecule has 1 nitrogen and oxygen atoms in total. The Labute approximate surface area is 128 Å². The monoisotopic (exact) mass is 364 g/mol. The van der Waals surface area contributed by atoms with E-state index in [0.717, 1.165) is 35.1 Å². The summed E-state index contributed by atoms with van der Waals surface area (Å²) in [6, 6.07) is 13.9. The molecule has 19 heavy (non-hydrogen) atoms. The minimum absolute atomic E-state index is 0.146. The normalized spacial score (nSPS) is 10.5. The Hall–Kier alpha value is -1.16. The highest BCUT2D eigenvalue weighted by Crippen LogP contribution is 2.22. The first-order chi connectivity index (χ1) is 9.19. The van der Waals surface area contributed by atoms with Crippen LogP contribution in [0.5, 0.6) is 0 Å². The Morgan fingerprint density at radius 3 is 2.32 bits per heavy atom. The van der Waals surface area contributed by atoms with Gasteiger partial charge >= 0.3 is 0 Å². The van der Waals surface area contributed by atoms with Crippen LogP contribution in [-0.2, 0) is 12.8 Å². The van der Waals surface area contributed by atoms with Crippen LogP contribution in [-0.4, -0.2) is 5.78 Å². The fraction of sp³-hybridized carbons (Fsp3) is 0.235. The second-order valence-electron chi connectivity index (χ2n) is 4.46. The van der Waals surface area contributed by atoms with Crippen molar-refractivity contribution >= 4 is 28.4 Å². The number of halogens is 1. The molecule has 0 aliphatic rings. The van der Waals surface area contributed by atoms with Crippen molar-refractivity contribution in [2.75, 3.05) is 0 Å². The van der Waals surface area contributed by atoms with Gasteiger partial charge in [-0.25, -0.2) is 0 Å². The predicted octanol–water partition coefficient (Wildman–Crippen LogP) is 4.65. The van der Waals surface area contributed by atoms with Crippen LogP contribution in [0.3, 0.4) is 0 Å². The Kier molecular flexibility index (Phi) is 4.75. The number of hydrogen-bond donors (Lipinski definition) is 0. The number of ketones is 1. The van der Waals surface area contributed by atoms with Crippen molar-refractivity contribution in [3.63, 3.8) is 0 Å². The van der Waals surface area contributed by atoms with E-state index in [9.17, 15) is 4.79 Å². The molecule has 0 heterocycles. The van der Waals surface area contributed by atoms with E-state index in [1.807, 2.05) is 36.4 Å². The molecular formula is C17H17IO. The molecule has 0 saturated heterocycles. The molecular weight excluding hydrogens is 347 g/mol. The lowest BCUT2D eigenvalue weighted by Crippen LogP contribution is -2.09. The zero-order valence-corrected chi connectivity index (χ0v) is 13.4. The maximum Gasteiger partial charge on any atom is 0.193 e. The van der Waals surface area contributed by atoms with E-state index in [1.165, 1.54) is 3.57 Å². The molecule has 98 valence electrons. The van der Waals surface area contributed by atoms with E-state index < -0.39 is 0 Å². The molecule has 0 aliphatic heterocycles. The number of carbonyl (C=O) groups excluding carboxylic acids is 1. The van der Waals surface area contributed by atoms with Crippen LogP contribution in [0.25, 0.3) is 0 Å². The number of carbonyl (C=O) groups is 1. The maximum absolute atomic E-state index is 12.8. The molecule has 2 aromatic carbocycles. The predicted molar refractivity (Wildman–Crippen MR) is 87.8 cm³/mol. The van der Waals surface area contributed by atoms with Gasteiger partial charge in [-0.3, -0.25) is 4.79 Å². The largest absolute Gasteiger partial charge is 0.289 e. The molecule has 0 unspecified atom stereocenters. The molecule has 0 aromatic heterocycles. The van der Waals surface area contributed by atoms with Crippen LogP contribution >= 0.6 is 22.6 Å². The Morgan fingerprint density at radius 2 is 1.63 bits per heavy atom. The van der Waals surface area contributed by atoms with Gasteiger partial charge in [0.1, 0.15) is 0 Å². The minimum atomic E-state index is 0.146. The zero-order chi connectivity index (χ0) is 13.8. The molecule has 0 bridgehead atoms. The van der Waals surface area contributed by atoms with Gasteiger partial charge in [-0.05, 0) is 52.6 Å². The third-order valence-electron chi connectivity index (χ3n) is 3.36. The molecule has 0 spiro atoms. The Morgan fingerprint density at radius 1 is 0.947 bits per heavy atom. The summed E-state index contributed by atoms with van der Waals surface area (Å²) in [4.78, 5) is 12.8. The van der Waals surface area contributed by atoms with Gasteiger partial charge < -0.3 is 0 Å². The number of rotatable bonds is 4. The van der Waals surface area contributed by atoms with Crippen molar-refractivity contribution in [1.29, 1.82) is 0 Å². The zero-order valence-electron chi connectivity index (χ0n) is 11.2. The van der Waals surface area contributed by atoms with Crippen LogP contribution in [0.4, 0.5) is 0 Å². The lowest BCUT2D eigenvalue weighted by molar-refractivity contribution is 0.103. The number of hydrogen-bond acceptors (Lipinski definition) is 1. The summed E-state index contributed by atoms with van der Waals surface area (Å²) in [5.41, 5.74) is 3.95. The van der Waals surface area contributed by atoms with Gasteiger partial charge in [0.05, 0.1) is 0 Å². The number of benzene rings is 2. The fourth-order valence-electron chi connectivity index (χ4n) is 2.33. The van der Waals surface area contributed by atoms with Crippen LogP contribution in [0.1, 0.15) is 40.9 Å². The van der Waals surface area contributed by atoms with E-state index in [4.69, 9.17) is 0 Å². The molecule has 0 atom stereocenters. The lowest BCUT2D eigenvalue weighted by atomic mass is 9.93. The van der Waals surface area contributed by atoms with Crippen molar-refractivity contribution in [2.24, 2.45) is 0 Å². The molecule has 0 saturated carbocycles. The standard InChI is InChI=1S/C17H17IO/c1-3-12-8-5-6-9-14(12)17(19)15-10-7-11-16(18)13(15)4-2/h5-11H,3-4H2,1-2H3. The first-order valence-corrected chi connectivity index (χ1v) is 7.66. The van der Waals surface area contributed by atoms with Crippen molar-refractivity contribution < 1.29 is 4.79 Å². The highest BCUT2D eigenvalue weighted by atomic mass is 127. The van der Waals surface area contributed by atoms with Crippen LogP contribution in [0.2, 0.25) is 0 Å². The minimum Gasteiger partial charge on any atom is -0.289 e. The van der Waals surface area contributed by atoms with E-state index >= 15 is 0 Å². The van der Waals surface area contributed by atoms with Crippen LogP contribution in [0.15, 0.2) is 42.5 Å². The molecule has 0 N–H and O–H groups in total. The fourth-order valence-corrected chi connectivity index (χ4v) is 3.21. The highest BCUT2D eigenvalue weighted by Gasteiger charge is 2.16. The van der Waals surface area contributed by atoms with Gasteiger partial charge in [0.25, 0.3) is 0 Å². The lowest BCUT2D eigenvalue weighted by Gasteiger charge is -2.11. The molecule has 0 aliphatic carbocycles. The van der Waals surface area contributed by atoms with Gasteiger partial charge in [0.2, 0.25) is 0 Å². The first kappa shape index (κ1) is 14.3. The van der Waals surface area contributed by atoms with E-state index in [2.05, 4.69) is 42.5 Å². The Balaban J connectivity index is 2.53. The third-order valence-corrected chi connectivity index (χ3v) is 4.37. The van der Waals surface area contributed by atoms with E-state index in [-0.39, 0.29) is 5.78 Å². The van der Waals surface area contributed by atoms with Crippen molar-refractivity contribution in [2.45, 2.75) is 26.7 Å². The van der Waals surface area contributed by atoms with E-state index in [1.54, 1.807) is 0 Å². The SMILES string of the molecule is CCc1ccccc1C(=O)c1cccc(I)c1CC. The highest BCUT2D eigenvalue weighted by molar-refractivity contribution is 14.1. The summed E-state index contributed by atoms with van der Waals surface area (Å²) in [5, 5.41) is 0. The van der Waals surface area contributed by atoms with Crippen molar-refractivity contribution in [3.8, 4) is 0 Å². The molecule has 2 rings (SSSR count). The van der Waals surface area contributed by atoms with Gasteiger partial charge in [-0.15, -0.1) is 0 Å². The topological polar surface area (TPSA) is 17.1 Å². The van der Waals surface area contributed by atoms with Gasteiger partial charge in [-0.1, -0.05) is 50.2 Å². The summed E-state index contributed by atoms with van der Waals surface area (Å²) in [6.45, 7) is 4.18. The molecule has 0 fully saturated rings. The third kappa shape index (κ3) is 2.89. The van der Waals surface area contributed by atoms with E-state index in [0.29, 0.717) is 0 Å². The van der Waals surface area contributed by atoms with Crippen LogP contribution in [0, 0.1) is 3.57 Å². The maximum atomic E-state index is 12.8. The second kappa shape index (κ2) is 6.33. The average Bonchev–Trinajstić information content (AvgIpc) is 2.46. The summed E-state index contributed by atoms with van der Waals surface area (Å²) < 4.78 is 1.17. The number of aryl methyl sites for hydroxylation is 1. The summed E-state index contributed by atoms with van der Waals surface area (Å²) in [7, 11) is 0. The van der Waals surface area contributed by atoms with Crippen molar-refractivity contribution in [1.82, 2.24) is 0 Å². The Bertz CT molecular complexity index is 602. The van der Waals surface area contributed by atoms with Gasteiger partial charge in [0.15, 0.2) is 5.78 Å². The molecule has 2 heteroatoms. The van der Waals surface area contributed by atoms with Crippen LogP contribution < -0.4 is 0 Å². The molecule has 0 radical (unpaired) electrons. The molecule has 0 amide bonds. The molecule has 2 aromatic rings. The summed E-state index contributed by atoms with van der Waals surface area (Å²) >= 11 is 2.30. The summed E-state index contributed by atoms with van der Waals surface area (Å²) in [6.07, 6.45) is 1.77. The second-order valence-corrected chi connectivity index (χ2v) is 5.62. The van der Waals surface area contributed by atoms with Gasteiger partial charge in [0, 0.05) is 14.7 Å². The van der Waals surface area contributed by atoms with Crippen molar-refractivity contribution in [3.05, 3.63) is 68.3 Å². The quantitative estimate of drug-likeness (QED) is 0.570. The smallest absolute Gasteiger partial charge is 0.193 e. The summed E-state index contributed by atoms with van der Waals surface area (Å²) in [5.74, 6) is 0.146. The first-order valence-electron chi connectivity index (χ1n) is 6.59.